The van der Waals surface area contributed by atoms with E-state index in [9.17, 15) is 4.79 Å². The summed E-state index contributed by atoms with van der Waals surface area (Å²) in [6.45, 7) is 0.691. The first-order valence-electron chi connectivity index (χ1n) is 4.71. The Labute approximate surface area is 103 Å². The first-order valence-corrected chi connectivity index (χ1v) is 5.46. The monoisotopic (exact) mass is 260 g/mol. The summed E-state index contributed by atoms with van der Waals surface area (Å²) in [6, 6.07) is 2.96. The number of nitrogens with two attached hydrogens (primary N) is 1. The number of likely N-dealkylation sites (tertiary alicyclic amines) is 1. The number of nitrogens with zero attached hydrogens (tertiary/aromatic N) is 1. The zero-order chi connectivity index (χ0) is 11.9. The molecule has 0 bridgehead atoms. The number of rotatable bonds is 1. The second-order valence-corrected chi connectivity index (χ2v) is 4.53. The third kappa shape index (κ3) is 1.96. The molecule has 0 spiro atoms. The Bertz CT molecular complexity index is 421. The molecule has 1 heterocycles. The molecule has 0 saturated carbocycles. The molecule has 1 aromatic carbocycles. The third-order valence-corrected chi connectivity index (χ3v) is 3.10. The molecule has 0 aliphatic carbocycles. The van der Waals surface area contributed by atoms with Crippen molar-refractivity contribution >= 4 is 34.8 Å². The lowest BCUT2D eigenvalue weighted by Crippen LogP contribution is -2.53. The van der Waals surface area contributed by atoms with Crippen LogP contribution in [-0.4, -0.2) is 35.1 Å². The molecule has 1 fully saturated rings. The summed E-state index contributed by atoms with van der Waals surface area (Å²) >= 11 is 11.7. The number of carbonyl (C=O) groups excluding carboxylic acids is 1. The molecule has 1 aliphatic heterocycles. The minimum Gasteiger partial charge on any atom is -0.396 e. The molecule has 1 amide bonds. The van der Waals surface area contributed by atoms with Gasteiger partial charge in [0.25, 0.3) is 5.91 Å². The summed E-state index contributed by atoms with van der Waals surface area (Å²) in [5, 5.41) is 9.62. The summed E-state index contributed by atoms with van der Waals surface area (Å²) in [4.78, 5) is 13.4. The molecular weight excluding hydrogens is 251 g/mol. The summed E-state index contributed by atoms with van der Waals surface area (Å²) < 4.78 is 0. The number of β-amino-alcohol motifs (C(OH)–C–C–N with tert-alkyl or cyclic N) is 1. The molecule has 1 saturated heterocycles. The largest absolute Gasteiger partial charge is 0.396 e. The van der Waals surface area contributed by atoms with Crippen LogP contribution in [0.3, 0.4) is 0 Å². The molecule has 0 atom stereocenters. The lowest BCUT2D eigenvalue weighted by molar-refractivity contribution is 0.00590. The Balaban J connectivity index is 2.24. The summed E-state index contributed by atoms with van der Waals surface area (Å²) in [5.74, 6) is -0.200. The number of aliphatic hydroxyl groups excluding tert-OH is 1. The SMILES string of the molecule is Nc1c(Cl)cc(C(=O)N2CC(O)C2)cc1Cl. The first-order chi connectivity index (χ1) is 7.49. The smallest absolute Gasteiger partial charge is 0.254 e. The zero-order valence-corrected chi connectivity index (χ0v) is 9.79. The predicted octanol–water partition coefficient (Wildman–Crippen LogP) is 1.39. The number of benzene rings is 1. The van der Waals surface area contributed by atoms with E-state index in [1.807, 2.05) is 0 Å². The van der Waals surface area contributed by atoms with E-state index in [2.05, 4.69) is 0 Å². The molecule has 6 heteroatoms. The van der Waals surface area contributed by atoms with Crippen molar-refractivity contribution < 1.29 is 9.90 Å². The molecule has 0 aromatic heterocycles. The number of anilines is 1. The van der Waals surface area contributed by atoms with Gasteiger partial charge >= 0.3 is 0 Å². The van der Waals surface area contributed by atoms with E-state index in [1.54, 1.807) is 0 Å². The van der Waals surface area contributed by atoms with E-state index in [-0.39, 0.29) is 21.6 Å². The molecule has 1 aliphatic rings. The van der Waals surface area contributed by atoms with Gasteiger partial charge in [-0.1, -0.05) is 23.2 Å². The fourth-order valence-corrected chi connectivity index (χ4v) is 2.00. The number of nitrogen functional groups attached to an aromatic ring is 1. The fraction of sp³-hybridized carbons (Fsp3) is 0.300. The highest BCUT2D eigenvalue weighted by molar-refractivity contribution is 6.39. The molecule has 1 aromatic rings. The maximum absolute atomic E-state index is 11.8. The van der Waals surface area contributed by atoms with E-state index in [1.165, 1.54) is 17.0 Å². The van der Waals surface area contributed by atoms with Crippen LogP contribution >= 0.6 is 23.2 Å². The minimum absolute atomic E-state index is 0.200. The molecule has 0 unspecified atom stereocenters. The first kappa shape index (κ1) is 11.5. The van der Waals surface area contributed by atoms with Gasteiger partial charge in [-0.3, -0.25) is 4.79 Å². The van der Waals surface area contributed by atoms with Gasteiger partial charge in [0.1, 0.15) is 0 Å². The Kier molecular flexibility index (Phi) is 2.97. The number of hydrogen-bond acceptors (Lipinski definition) is 3. The zero-order valence-electron chi connectivity index (χ0n) is 8.28. The lowest BCUT2D eigenvalue weighted by Gasteiger charge is -2.35. The van der Waals surface area contributed by atoms with E-state index >= 15 is 0 Å². The second kappa shape index (κ2) is 4.13. The average molecular weight is 261 g/mol. The number of carbonyl (C=O) groups is 1. The Morgan fingerprint density at radius 1 is 1.38 bits per heavy atom. The average Bonchev–Trinajstić information content (AvgIpc) is 2.19. The van der Waals surface area contributed by atoms with Crippen LogP contribution in [0.15, 0.2) is 12.1 Å². The Morgan fingerprint density at radius 2 is 1.88 bits per heavy atom. The molecule has 86 valence electrons. The predicted molar refractivity (Wildman–Crippen MR) is 62.8 cm³/mol. The highest BCUT2D eigenvalue weighted by Gasteiger charge is 2.29. The second-order valence-electron chi connectivity index (χ2n) is 3.72. The third-order valence-electron chi connectivity index (χ3n) is 2.48. The van der Waals surface area contributed by atoms with Crippen LogP contribution in [-0.2, 0) is 0 Å². The molecule has 2 rings (SSSR count). The molecule has 3 N–H and O–H groups in total. The van der Waals surface area contributed by atoms with Crippen molar-refractivity contribution in [2.75, 3.05) is 18.8 Å². The van der Waals surface area contributed by atoms with Gasteiger partial charge in [-0.25, -0.2) is 0 Å². The van der Waals surface area contributed by atoms with E-state index in [0.29, 0.717) is 18.7 Å². The van der Waals surface area contributed by atoms with Crippen LogP contribution in [0.5, 0.6) is 0 Å². The molecule has 4 nitrogen and oxygen atoms in total. The highest BCUT2D eigenvalue weighted by atomic mass is 35.5. The minimum atomic E-state index is -0.427. The Hall–Kier alpha value is -0.970. The summed E-state index contributed by atoms with van der Waals surface area (Å²) in [5.41, 5.74) is 6.22. The van der Waals surface area contributed by atoms with Crippen LogP contribution in [0.4, 0.5) is 5.69 Å². The van der Waals surface area contributed by atoms with Crippen LogP contribution in [0.1, 0.15) is 10.4 Å². The molecular formula is C10H10Cl2N2O2. The van der Waals surface area contributed by atoms with Gasteiger partial charge in [0.15, 0.2) is 0 Å². The highest BCUT2D eigenvalue weighted by Crippen LogP contribution is 2.29. The van der Waals surface area contributed by atoms with Gasteiger partial charge in [0, 0.05) is 18.7 Å². The van der Waals surface area contributed by atoms with Crippen molar-refractivity contribution in [3.8, 4) is 0 Å². The van der Waals surface area contributed by atoms with Gasteiger partial charge in [0.2, 0.25) is 0 Å². The number of amides is 1. The van der Waals surface area contributed by atoms with Crippen LogP contribution < -0.4 is 5.73 Å². The van der Waals surface area contributed by atoms with Crippen molar-refractivity contribution in [1.82, 2.24) is 4.90 Å². The van der Waals surface area contributed by atoms with Crippen molar-refractivity contribution in [2.24, 2.45) is 0 Å². The van der Waals surface area contributed by atoms with Crippen molar-refractivity contribution in [2.45, 2.75) is 6.10 Å². The van der Waals surface area contributed by atoms with Gasteiger partial charge in [-0.2, -0.15) is 0 Å². The summed E-state index contributed by atoms with van der Waals surface area (Å²) in [6.07, 6.45) is -0.427. The number of halogens is 2. The topological polar surface area (TPSA) is 66.6 Å². The fourth-order valence-electron chi connectivity index (χ4n) is 1.51. The van der Waals surface area contributed by atoms with E-state index < -0.39 is 6.10 Å². The maximum atomic E-state index is 11.8. The lowest BCUT2D eigenvalue weighted by atomic mass is 10.1. The van der Waals surface area contributed by atoms with Gasteiger partial charge in [-0.15, -0.1) is 0 Å². The van der Waals surface area contributed by atoms with Gasteiger partial charge < -0.3 is 15.7 Å². The number of aliphatic hydroxyl groups is 1. The quantitative estimate of drug-likeness (QED) is 0.751. The van der Waals surface area contributed by atoms with Crippen LogP contribution in [0.2, 0.25) is 10.0 Å². The standard InChI is InChI=1S/C10H10Cl2N2O2/c11-7-1-5(2-8(12)9(7)13)10(16)14-3-6(15)4-14/h1-2,6,15H,3-4,13H2. The Morgan fingerprint density at radius 3 is 2.31 bits per heavy atom. The number of hydrogen-bond donors (Lipinski definition) is 2. The van der Waals surface area contributed by atoms with Crippen LogP contribution in [0.25, 0.3) is 0 Å². The van der Waals surface area contributed by atoms with Crippen LogP contribution in [0, 0.1) is 0 Å². The van der Waals surface area contributed by atoms with Crippen molar-refractivity contribution in [3.05, 3.63) is 27.7 Å². The van der Waals surface area contributed by atoms with E-state index in [0.717, 1.165) is 0 Å². The van der Waals surface area contributed by atoms with Crippen molar-refractivity contribution in [1.29, 1.82) is 0 Å². The molecule has 0 radical (unpaired) electrons. The summed E-state index contributed by atoms with van der Waals surface area (Å²) in [7, 11) is 0. The normalized spacial score (nSPS) is 16.1. The van der Waals surface area contributed by atoms with E-state index in [4.69, 9.17) is 34.0 Å². The maximum Gasteiger partial charge on any atom is 0.254 e. The van der Waals surface area contributed by atoms with Crippen molar-refractivity contribution in [3.63, 3.8) is 0 Å². The molecule has 16 heavy (non-hydrogen) atoms. The van der Waals surface area contributed by atoms with Gasteiger partial charge in [0.05, 0.1) is 21.8 Å². The van der Waals surface area contributed by atoms with Gasteiger partial charge in [-0.05, 0) is 12.1 Å².